The summed E-state index contributed by atoms with van der Waals surface area (Å²) >= 11 is 0. The molecule has 4 aliphatic rings. The number of aryl methyl sites for hydroxylation is 1. The van der Waals surface area contributed by atoms with Crippen LogP contribution < -0.4 is 21.5 Å². The predicted molar refractivity (Wildman–Crippen MR) is 238 cm³/mol. The van der Waals surface area contributed by atoms with Gasteiger partial charge in [-0.05, 0) is 106 Å². The molecule has 2 nitrogen and oxygen atoms in total. The van der Waals surface area contributed by atoms with E-state index in [1.807, 2.05) is 6.07 Å². The van der Waals surface area contributed by atoms with E-state index in [0.29, 0.717) is 0 Å². The van der Waals surface area contributed by atoms with Gasteiger partial charge in [-0.3, -0.25) is 0 Å². The van der Waals surface area contributed by atoms with Gasteiger partial charge >= 0.3 is 0 Å². The Labute approximate surface area is 383 Å². The minimum Gasteiger partial charge on any atom is -1.00 e. The van der Waals surface area contributed by atoms with Gasteiger partial charge in [-0.1, -0.05) is 144 Å². The number of aromatic nitrogens is 2. The van der Waals surface area contributed by atoms with Gasteiger partial charge in [0.05, 0.1) is 0 Å². The molecule has 7 rings (SSSR count). The molecular weight excluding hydrogens is 812 g/mol. The second kappa shape index (κ2) is 36.6. The van der Waals surface area contributed by atoms with E-state index in [9.17, 15) is 0 Å². The van der Waals surface area contributed by atoms with E-state index in [1.165, 1.54) is 177 Å². The molecule has 0 radical (unpaired) electrons. The Balaban J connectivity index is 0.000000512. The fraction of sp³-hybridized carbons (Fsp3) is 0.547. The Kier molecular flexibility index (Phi) is 34.0. The Hall–Kier alpha value is -2.19. The Morgan fingerprint density at radius 1 is 0.466 bits per heavy atom. The number of halogens is 1. The summed E-state index contributed by atoms with van der Waals surface area (Å²) < 4.78 is 4.47. The summed E-state index contributed by atoms with van der Waals surface area (Å²) in [5.74, 6) is 1.82. The van der Waals surface area contributed by atoms with E-state index in [0.717, 1.165) is 18.4 Å². The van der Waals surface area contributed by atoms with Gasteiger partial charge in [0.25, 0.3) is 0 Å². The van der Waals surface area contributed by atoms with E-state index in [2.05, 4.69) is 138 Å². The zero-order valence-corrected chi connectivity index (χ0v) is 39.1. The Morgan fingerprint density at radius 2 is 0.897 bits per heavy atom. The smallest absolute Gasteiger partial charge is 0.210 e. The van der Waals surface area contributed by atoms with Crippen LogP contribution in [-0.2, 0) is 40.7 Å². The average molecular weight is 890 g/mol. The molecular formula is C53H78ClFe2N2+. The SMILES string of the molecule is C1=CCCC1.C1=CCCC1.C1=C[C@@H](CCCCCCCC[n+]2ccc(-c3cc[n+](-c4ccccc4)cc3)cc2)CC1.CCCCCCCCC[C@@H]1C=CCC1.[Cl-].[Fe].[Fe]. The molecule has 322 valence electrons. The predicted octanol–water partition coefficient (Wildman–Crippen LogP) is 12.2. The maximum Gasteiger partial charge on any atom is 0.210 e. The summed E-state index contributed by atoms with van der Waals surface area (Å²) in [7, 11) is 0. The van der Waals surface area contributed by atoms with Crippen molar-refractivity contribution in [2.24, 2.45) is 11.8 Å². The summed E-state index contributed by atoms with van der Waals surface area (Å²) in [6.45, 7) is 3.41. The molecule has 0 saturated heterocycles. The number of para-hydroxylation sites is 1. The second-order valence-electron chi connectivity index (χ2n) is 16.3. The number of pyridine rings is 2. The van der Waals surface area contributed by atoms with Crippen molar-refractivity contribution in [3.05, 3.63) is 128 Å². The van der Waals surface area contributed by atoms with Gasteiger partial charge in [0.15, 0.2) is 24.8 Å². The van der Waals surface area contributed by atoms with Crippen LogP contribution in [0.5, 0.6) is 0 Å². The third-order valence-electron chi connectivity index (χ3n) is 11.6. The summed E-state index contributed by atoms with van der Waals surface area (Å²) in [5, 5.41) is 0. The maximum absolute atomic E-state index is 2.43. The van der Waals surface area contributed by atoms with Gasteiger partial charge in [-0.25, -0.2) is 4.57 Å². The summed E-state index contributed by atoms with van der Waals surface area (Å²) in [6.07, 6.45) is 62.0. The molecule has 0 aliphatic heterocycles. The quantitative estimate of drug-likeness (QED) is 0.0490. The van der Waals surface area contributed by atoms with E-state index in [4.69, 9.17) is 0 Å². The van der Waals surface area contributed by atoms with Crippen molar-refractivity contribution in [1.29, 1.82) is 0 Å². The second-order valence-corrected chi connectivity index (χ2v) is 16.3. The van der Waals surface area contributed by atoms with Gasteiger partial charge in [0.1, 0.15) is 6.54 Å². The van der Waals surface area contributed by atoms with Gasteiger partial charge in [-0.2, -0.15) is 4.57 Å². The van der Waals surface area contributed by atoms with Crippen molar-refractivity contribution in [2.45, 2.75) is 174 Å². The molecule has 0 fully saturated rings. The van der Waals surface area contributed by atoms with E-state index in [-0.39, 0.29) is 46.5 Å². The molecule has 2 atom stereocenters. The first-order chi connectivity index (χ1) is 27.3. The zero-order valence-electron chi connectivity index (χ0n) is 36.1. The molecule has 1 aromatic carbocycles. The average Bonchev–Trinajstić information content (AvgIpc) is 4.10. The van der Waals surface area contributed by atoms with Gasteiger partial charge in [-0.15, -0.1) is 0 Å². The van der Waals surface area contributed by atoms with Crippen molar-refractivity contribution in [1.82, 2.24) is 0 Å². The van der Waals surface area contributed by atoms with Crippen LogP contribution in [0.2, 0.25) is 0 Å². The molecule has 2 heterocycles. The normalized spacial score (nSPS) is 16.8. The van der Waals surface area contributed by atoms with Gasteiger partial charge < -0.3 is 12.4 Å². The molecule has 5 heteroatoms. The Morgan fingerprint density at radius 3 is 1.31 bits per heavy atom. The number of allylic oxidation sites excluding steroid dienone is 8. The number of hydrogen-bond donors (Lipinski definition) is 0. The van der Waals surface area contributed by atoms with Crippen molar-refractivity contribution in [2.75, 3.05) is 0 Å². The molecule has 0 unspecified atom stereocenters. The van der Waals surface area contributed by atoms with Gasteiger partial charge in [0.2, 0.25) is 5.69 Å². The summed E-state index contributed by atoms with van der Waals surface area (Å²) in [5.41, 5.74) is 3.71. The largest absolute Gasteiger partial charge is 1.00 e. The van der Waals surface area contributed by atoms with Crippen LogP contribution in [0.15, 0.2) is 128 Å². The van der Waals surface area contributed by atoms with Crippen molar-refractivity contribution in [3.63, 3.8) is 0 Å². The van der Waals surface area contributed by atoms with Crippen LogP contribution in [0.1, 0.15) is 167 Å². The minimum absolute atomic E-state index is 0. The molecule has 0 N–H and O–H groups in total. The number of hydrogen-bond acceptors (Lipinski definition) is 0. The summed E-state index contributed by atoms with van der Waals surface area (Å²) in [6, 6.07) is 19.3. The molecule has 4 aliphatic carbocycles. The van der Waals surface area contributed by atoms with Crippen LogP contribution in [0.25, 0.3) is 16.8 Å². The fourth-order valence-electron chi connectivity index (χ4n) is 8.01. The molecule has 3 aromatic rings. The molecule has 0 saturated carbocycles. The maximum atomic E-state index is 2.43. The van der Waals surface area contributed by atoms with E-state index in [1.54, 1.807) is 0 Å². The van der Waals surface area contributed by atoms with Crippen LogP contribution in [-0.4, -0.2) is 0 Å². The fourth-order valence-corrected chi connectivity index (χ4v) is 8.01. The first-order valence-corrected chi connectivity index (χ1v) is 23.0. The van der Waals surface area contributed by atoms with Crippen molar-refractivity contribution < 1.29 is 55.7 Å². The van der Waals surface area contributed by atoms with Crippen LogP contribution in [0.3, 0.4) is 0 Å². The van der Waals surface area contributed by atoms with E-state index < -0.39 is 0 Å². The topological polar surface area (TPSA) is 7.76 Å². The first kappa shape index (κ1) is 53.8. The van der Waals surface area contributed by atoms with Crippen molar-refractivity contribution in [3.8, 4) is 16.8 Å². The van der Waals surface area contributed by atoms with Crippen molar-refractivity contribution >= 4 is 0 Å². The number of benzene rings is 1. The summed E-state index contributed by atoms with van der Waals surface area (Å²) in [4.78, 5) is 0. The molecule has 0 amide bonds. The van der Waals surface area contributed by atoms with Gasteiger partial charge in [0, 0.05) is 77.0 Å². The number of nitrogens with zero attached hydrogens (tertiary/aromatic N) is 2. The van der Waals surface area contributed by atoms with E-state index >= 15 is 0 Å². The van der Waals surface area contributed by atoms with Crippen LogP contribution >= 0.6 is 0 Å². The third kappa shape index (κ3) is 24.8. The first-order valence-electron chi connectivity index (χ1n) is 23.0. The van der Waals surface area contributed by atoms with Crippen LogP contribution in [0, 0.1) is 11.8 Å². The van der Waals surface area contributed by atoms with Crippen LogP contribution in [0.4, 0.5) is 0 Å². The Bertz CT molecular complexity index is 1450. The third-order valence-corrected chi connectivity index (χ3v) is 11.6. The minimum atomic E-state index is 0. The molecule has 0 bridgehead atoms. The molecule has 2 aromatic heterocycles. The zero-order chi connectivity index (χ0) is 38.3. The molecule has 0 spiro atoms. The number of unbranched alkanes of at least 4 members (excludes halogenated alkanes) is 11. The standard InChI is InChI=1S/C29H36N2.C14H26.2C5H8.ClH.2Fe/c1(3-6-12-26-13-9-10-14-26)2-4-11-21-30-22-17-27(18-23-30)28-19-24-31(25-20-28)29-15-7-5-8-16-29;1-2-3-4-5-6-7-8-11-14-12-9-10-13-14;2*1-2-4-5-3-1;;;/h5,7-9,13,15-20,22-26H,1-4,6,10-12,14,21H2;9,12,14H,2-8,10-11,13H2,1H3;2*1-2H,3-5H2;1H;;/q+2;;;;;;/p-1/t26-;14-;;;;;/m11...../s1. The monoisotopic (exact) mass is 889 g/mol. The number of rotatable bonds is 19. The molecule has 58 heavy (non-hydrogen) atoms.